The molecule has 2 aliphatic heterocycles. The van der Waals surface area contributed by atoms with Crippen LogP contribution in [0.15, 0.2) is 27.6 Å². The molecule has 22 heavy (non-hydrogen) atoms. The fourth-order valence-corrected chi connectivity index (χ4v) is 5.52. The minimum atomic E-state index is -3.40. The van der Waals surface area contributed by atoms with Crippen molar-refractivity contribution in [3.63, 3.8) is 0 Å². The van der Waals surface area contributed by atoms with Crippen molar-refractivity contribution < 1.29 is 8.42 Å². The second-order valence-electron chi connectivity index (χ2n) is 6.00. The Morgan fingerprint density at radius 1 is 1.23 bits per heavy atom. The number of aryl methyl sites for hydroxylation is 1. The summed E-state index contributed by atoms with van der Waals surface area (Å²) >= 11 is 3.37. The summed E-state index contributed by atoms with van der Waals surface area (Å²) in [5.74, 6) is 0. The summed E-state index contributed by atoms with van der Waals surface area (Å²) in [6.07, 6.45) is 0.923. The monoisotopic (exact) mass is 387 g/mol. The molecule has 2 saturated heterocycles. The Balaban J connectivity index is 1.77. The van der Waals surface area contributed by atoms with Gasteiger partial charge in [0, 0.05) is 49.8 Å². The zero-order valence-electron chi connectivity index (χ0n) is 12.8. The van der Waals surface area contributed by atoms with Gasteiger partial charge in [-0.05, 0) is 31.0 Å². The lowest BCUT2D eigenvalue weighted by molar-refractivity contribution is 0.179. The number of hydrogen-bond acceptors (Lipinski definition) is 4. The maximum Gasteiger partial charge on any atom is 0.243 e. The first-order valence-corrected chi connectivity index (χ1v) is 9.93. The minimum Gasteiger partial charge on any atom is -0.314 e. The average molecular weight is 388 g/mol. The van der Waals surface area contributed by atoms with Gasteiger partial charge in [0.15, 0.2) is 0 Å². The molecule has 7 heteroatoms. The van der Waals surface area contributed by atoms with Gasteiger partial charge in [0.05, 0.1) is 4.90 Å². The topological polar surface area (TPSA) is 52.7 Å². The molecule has 3 rings (SSSR count). The number of nitrogens with one attached hydrogen (secondary N) is 1. The second-order valence-corrected chi connectivity index (χ2v) is 8.82. The van der Waals surface area contributed by atoms with E-state index in [-0.39, 0.29) is 0 Å². The molecule has 0 bridgehead atoms. The lowest BCUT2D eigenvalue weighted by Gasteiger charge is -2.32. The number of benzene rings is 1. The lowest BCUT2D eigenvalue weighted by atomic mass is 10.2. The molecule has 2 heterocycles. The Hall–Kier alpha value is -0.470. The molecule has 1 aromatic carbocycles. The summed E-state index contributed by atoms with van der Waals surface area (Å²) in [7, 11) is -3.40. The van der Waals surface area contributed by atoms with Crippen LogP contribution in [0.5, 0.6) is 0 Å². The molecule has 2 aliphatic rings. The van der Waals surface area contributed by atoms with Crippen molar-refractivity contribution in [3.05, 3.63) is 28.2 Å². The third-order valence-corrected chi connectivity index (χ3v) is 7.06. The smallest absolute Gasteiger partial charge is 0.243 e. The SMILES string of the molecule is Cc1ccc(Br)cc1S(=O)(=O)N1CCC(N2CCNCC2)C1. The van der Waals surface area contributed by atoms with Gasteiger partial charge in [-0.25, -0.2) is 8.42 Å². The van der Waals surface area contributed by atoms with Gasteiger partial charge in [0.2, 0.25) is 10.0 Å². The van der Waals surface area contributed by atoms with E-state index in [1.807, 2.05) is 19.1 Å². The van der Waals surface area contributed by atoms with Gasteiger partial charge in [-0.1, -0.05) is 22.0 Å². The Bertz CT molecular complexity index is 644. The molecule has 0 aromatic heterocycles. The highest BCUT2D eigenvalue weighted by Crippen LogP contribution is 2.27. The summed E-state index contributed by atoms with van der Waals surface area (Å²) in [5.41, 5.74) is 0.800. The summed E-state index contributed by atoms with van der Waals surface area (Å²) in [5, 5.41) is 3.34. The summed E-state index contributed by atoms with van der Waals surface area (Å²) in [6.45, 7) is 7.07. The average Bonchev–Trinajstić information content (AvgIpc) is 3.01. The largest absolute Gasteiger partial charge is 0.314 e. The molecule has 0 radical (unpaired) electrons. The van der Waals surface area contributed by atoms with Crippen LogP contribution in [0, 0.1) is 6.92 Å². The van der Waals surface area contributed by atoms with Crippen molar-refractivity contribution in [1.29, 1.82) is 0 Å². The van der Waals surface area contributed by atoms with Gasteiger partial charge in [-0.2, -0.15) is 4.31 Å². The number of nitrogens with zero attached hydrogens (tertiary/aromatic N) is 2. The van der Waals surface area contributed by atoms with Gasteiger partial charge in [-0.15, -0.1) is 0 Å². The fourth-order valence-electron chi connectivity index (χ4n) is 3.27. The van der Waals surface area contributed by atoms with E-state index < -0.39 is 10.0 Å². The highest BCUT2D eigenvalue weighted by molar-refractivity contribution is 9.10. The third kappa shape index (κ3) is 3.23. The van der Waals surface area contributed by atoms with Crippen molar-refractivity contribution in [2.45, 2.75) is 24.3 Å². The summed E-state index contributed by atoms with van der Waals surface area (Å²) in [6, 6.07) is 5.79. The Kier molecular flexibility index (Phi) is 4.89. The molecule has 0 amide bonds. The van der Waals surface area contributed by atoms with Gasteiger partial charge in [0.25, 0.3) is 0 Å². The standard InChI is InChI=1S/C15H22BrN3O2S/c1-12-2-3-13(16)10-15(12)22(20,21)19-7-4-14(11-19)18-8-5-17-6-9-18/h2-3,10,14,17H,4-9,11H2,1H3. The van der Waals surface area contributed by atoms with Crippen LogP contribution in [0.4, 0.5) is 0 Å². The zero-order valence-corrected chi connectivity index (χ0v) is 15.2. The molecule has 0 saturated carbocycles. The summed E-state index contributed by atoms with van der Waals surface area (Å²) < 4.78 is 28.3. The quantitative estimate of drug-likeness (QED) is 0.851. The Morgan fingerprint density at radius 3 is 2.68 bits per heavy atom. The molecule has 1 aromatic rings. The maximum absolute atomic E-state index is 12.9. The molecule has 1 unspecified atom stereocenters. The van der Waals surface area contributed by atoms with E-state index in [9.17, 15) is 8.42 Å². The first-order valence-electron chi connectivity index (χ1n) is 7.69. The first-order chi connectivity index (χ1) is 10.5. The van der Waals surface area contributed by atoms with Crippen LogP contribution in [0.25, 0.3) is 0 Å². The van der Waals surface area contributed by atoms with Crippen molar-refractivity contribution in [1.82, 2.24) is 14.5 Å². The van der Waals surface area contributed by atoms with Crippen molar-refractivity contribution in [2.75, 3.05) is 39.3 Å². The number of rotatable bonds is 3. The maximum atomic E-state index is 12.9. The molecular formula is C15H22BrN3O2S. The van der Waals surface area contributed by atoms with Crippen LogP contribution in [0.2, 0.25) is 0 Å². The molecule has 122 valence electrons. The number of piperazine rings is 1. The molecule has 0 aliphatic carbocycles. The Labute approximate surface area is 140 Å². The van der Waals surface area contributed by atoms with Crippen LogP contribution in [-0.4, -0.2) is 62.9 Å². The second kappa shape index (κ2) is 6.57. The summed E-state index contributed by atoms with van der Waals surface area (Å²) in [4.78, 5) is 2.84. The minimum absolute atomic E-state index is 0.351. The van der Waals surface area contributed by atoms with Gasteiger partial charge >= 0.3 is 0 Å². The first kappa shape index (κ1) is 16.4. The highest BCUT2D eigenvalue weighted by Gasteiger charge is 2.36. The Morgan fingerprint density at radius 2 is 1.95 bits per heavy atom. The van der Waals surface area contributed by atoms with Crippen molar-refractivity contribution in [3.8, 4) is 0 Å². The number of halogens is 1. The van der Waals surface area contributed by atoms with Crippen molar-refractivity contribution >= 4 is 26.0 Å². The van der Waals surface area contributed by atoms with Gasteiger partial charge in [-0.3, -0.25) is 4.90 Å². The predicted molar refractivity (Wildman–Crippen MR) is 90.5 cm³/mol. The normalized spacial score (nSPS) is 24.7. The number of sulfonamides is 1. The lowest BCUT2D eigenvalue weighted by Crippen LogP contribution is -2.49. The molecule has 0 spiro atoms. The van der Waals surface area contributed by atoms with E-state index in [1.54, 1.807) is 10.4 Å². The molecule has 1 N–H and O–H groups in total. The van der Waals surface area contributed by atoms with Crippen LogP contribution in [-0.2, 0) is 10.0 Å². The van der Waals surface area contributed by atoms with Crippen molar-refractivity contribution in [2.24, 2.45) is 0 Å². The van der Waals surface area contributed by atoms with Crippen LogP contribution in [0.1, 0.15) is 12.0 Å². The third-order valence-electron chi connectivity index (χ3n) is 4.56. The van der Waals surface area contributed by atoms with Crippen LogP contribution in [0.3, 0.4) is 0 Å². The van der Waals surface area contributed by atoms with E-state index in [1.165, 1.54) is 0 Å². The van der Waals surface area contributed by atoms with E-state index >= 15 is 0 Å². The zero-order chi connectivity index (χ0) is 15.7. The highest BCUT2D eigenvalue weighted by atomic mass is 79.9. The van der Waals surface area contributed by atoms with E-state index in [2.05, 4.69) is 26.1 Å². The predicted octanol–water partition coefficient (Wildman–Crippen LogP) is 1.43. The van der Waals surface area contributed by atoms with E-state index in [0.29, 0.717) is 24.0 Å². The number of hydrogen-bond donors (Lipinski definition) is 1. The van der Waals surface area contributed by atoms with E-state index in [0.717, 1.165) is 42.6 Å². The molecule has 2 fully saturated rings. The van der Waals surface area contributed by atoms with Crippen LogP contribution < -0.4 is 5.32 Å². The molecular weight excluding hydrogens is 366 g/mol. The molecule has 5 nitrogen and oxygen atoms in total. The molecule has 1 atom stereocenters. The van der Waals surface area contributed by atoms with E-state index in [4.69, 9.17) is 0 Å². The van der Waals surface area contributed by atoms with Gasteiger partial charge < -0.3 is 5.32 Å². The van der Waals surface area contributed by atoms with Crippen LogP contribution >= 0.6 is 15.9 Å². The fraction of sp³-hybridized carbons (Fsp3) is 0.600. The van der Waals surface area contributed by atoms with Gasteiger partial charge in [0.1, 0.15) is 0 Å².